The molecule has 1 aromatic carbocycles. The molecule has 0 unspecified atom stereocenters. The van der Waals surface area contributed by atoms with Crippen molar-refractivity contribution in [3.8, 4) is 5.75 Å². The first-order valence-electron chi connectivity index (χ1n) is 5.75. The van der Waals surface area contributed by atoms with Crippen molar-refractivity contribution in [2.45, 2.75) is 11.3 Å². The Labute approximate surface area is 124 Å². The van der Waals surface area contributed by atoms with Gasteiger partial charge in [-0.2, -0.15) is 0 Å². The molecule has 3 N–H and O–H groups in total. The molecule has 0 bridgehead atoms. The van der Waals surface area contributed by atoms with Gasteiger partial charge in [-0.15, -0.1) is 10.2 Å². The summed E-state index contributed by atoms with van der Waals surface area (Å²) in [7, 11) is 1.53. The standard InChI is InChI=1S/C12H14N4O2S2/c1-7-15-16-12(20-7)19-6-11(17)14-9-4-3-8(13)5-10(9)18-2/h3-5H,6,13H2,1-2H3,(H,14,17). The molecule has 2 aromatic rings. The molecule has 0 saturated heterocycles. The van der Waals surface area contributed by atoms with Crippen LogP contribution in [-0.2, 0) is 4.79 Å². The first-order chi connectivity index (χ1) is 9.58. The number of methoxy groups -OCH3 is 1. The molecule has 2 rings (SSSR count). The fourth-order valence-corrected chi connectivity index (χ4v) is 3.08. The van der Waals surface area contributed by atoms with Crippen LogP contribution in [0.5, 0.6) is 5.75 Å². The smallest absolute Gasteiger partial charge is 0.234 e. The summed E-state index contributed by atoms with van der Waals surface area (Å²) >= 11 is 2.82. The van der Waals surface area contributed by atoms with Crippen LogP contribution in [0.15, 0.2) is 22.5 Å². The van der Waals surface area contributed by atoms with E-state index in [-0.39, 0.29) is 11.7 Å². The Balaban J connectivity index is 1.94. The van der Waals surface area contributed by atoms with E-state index >= 15 is 0 Å². The second kappa shape index (κ2) is 6.58. The molecule has 0 aliphatic carbocycles. The number of rotatable bonds is 5. The predicted octanol–water partition coefficient (Wildman–Crippen LogP) is 2.17. The first-order valence-corrected chi connectivity index (χ1v) is 7.55. The third-order valence-electron chi connectivity index (χ3n) is 2.33. The van der Waals surface area contributed by atoms with Gasteiger partial charge in [-0.1, -0.05) is 23.1 Å². The molecule has 0 saturated carbocycles. The number of aryl methyl sites for hydroxylation is 1. The maximum absolute atomic E-state index is 11.9. The number of hydrogen-bond donors (Lipinski definition) is 2. The van der Waals surface area contributed by atoms with Gasteiger partial charge >= 0.3 is 0 Å². The molecule has 1 aromatic heterocycles. The highest BCUT2D eigenvalue weighted by molar-refractivity contribution is 8.01. The van der Waals surface area contributed by atoms with Crippen molar-refractivity contribution >= 4 is 40.4 Å². The molecular formula is C12H14N4O2S2. The predicted molar refractivity (Wildman–Crippen MR) is 81.4 cm³/mol. The fraction of sp³-hybridized carbons (Fsp3) is 0.250. The van der Waals surface area contributed by atoms with Crippen LogP contribution in [0.3, 0.4) is 0 Å². The monoisotopic (exact) mass is 310 g/mol. The summed E-state index contributed by atoms with van der Waals surface area (Å²) in [6, 6.07) is 5.09. The normalized spacial score (nSPS) is 10.3. The van der Waals surface area contributed by atoms with Crippen LogP contribution in [0.25, 0.3) is 0 Å². The maximum atomic E-state index is 11.9. The number of anilines is 2. The SMILES string of the molecule is COc1cc(N)ccc1NC(=O)CSc1nnc(C)s1. The second-order valence-electron chi connectivity index (χ2n) is 3.88. The Bertz CT molecular complexity index is 615. The Morgan fingerprint density at radius 3 is 2.95 bits per heavy atom. The van der Waals surface area contributed by atoms with E-state index in [0.717, 1.165) is 9.35 Å². The zero-order chi connectivity index (χ0) is 14.5. The fourth-order valence-electron chi connectivity index (χ4n) is 1.46. The van der Waals surface area contributed by atoms with Gasteiger partial charge in [0, 0.05) is 11.8 Å². The summed E-state index contributed by atoms with van der Waals surface area (Å²) in [4.78, 5) is 11.9. The largest absolute Gasteiger partial charge is 0.494 e. The van der Waals surface area contributed by atoms with E-state index in [2.05, 4.69) is 15.5 Å². The van der Waals surface area contributed by atoms with E-state index < -0.39 is 0 Å². The molecule has 6 nitrogen and oxygen atoms in total. The summed E-state index contributed by atoms with van der Waals surface area (Å²) in [5.74, 6) is 0.670. The number of thioether (sulfide) groups is 1. The van der Waals surface area contributed by atoms with Crippen molar-refractivity contribution < 1.29 is 9.53 Å². The maximum Gasteiger partial charge on any atom is 0.234 e. The van der Waals surface area contributed by atoms with Gasteiger partial charge in [-0.3, -0.25) is 4.79 Å². The third-order valence-corrected chi connectivity index (χ3v) is 4.31. The zero-order valence-corrected chi connectivity index (χ0v) is 12.7. The highest BCUT2D eigenvalue weighted by Crippen LogP contribution is 2.27. The van der Waals surface area contributed by atoms with E-state index in [4.69, 9.17) is 10.5 Å². The molecule has 0 fully saturated rings. The lowest BCUT2D eigenvalue weighted by molar-refractivity contribution is -0.113. The number of nitrogens with zero attached hydrogens (tertiary/aromatic N) is 2. The zero-order valence-electron chi connectivity index (χ0n) is 11.0. The minimum Gasteiger partial charge on any atom is -0.494 e. The van der Waals surface area contributed by atoms with E-state index in [1.54, 1.807) is 18.2 Å². The minimum absolute atomic E-state index is 0.133. The molecule has 0 aliphatic heterocycles. The molecule has 0 aliphatic rings. The number of carbonyl (C=O) groups excluding carboxylic acids is 1. The summed E-state index contributed by atoms with van der Waals surface area (Å²) in [6.07, 6.45) is 0. The average Bonchev–Trinajstić information content (AvgIpc) is 2.84. The van der Waals surface area contributed by atoms with Crippen LogP contribution in [0.1, 0.15) is 5.01 Å². The van der Waals surface area contributed by atoms with Crippen molar-refractivity contribution in [1.82, 2.24) is 10.2 Å². The first kappa shape index (κ1) is 14.6. The van der Waals surface area contributed by atoms with Crippen molar-refractivity contribution in [3.05, 3.63) is 23.2 Å². The lowest BCUT2D eigenvalue weighted by Gasteiger charge is -2.10. The third kappa shape index (κ3) is 3.84. The van der Waals surface area contributed by atoms with E-state index in [1.165, 1.54) is 30.2 Å². The van der Waals surface area contributed by atoms with Crippen molar-refractivity contribution in [3.63, 3.8) is 0 Å². The Morgan fingerprint density at radius 2 is 2.30 bits per heavy atom. The van der Waals surface area contributed by atoms with Gasteiger partial charge in [0.1, 0.15) is 10.8 Å². The van der Waals surface area contributed by atoms with Crippen LogP contribution < -0.4 is 15.8 Å². The lowest BCUT2D eigenvalue weighted by Crippen LogP contribution is -2.14. The summed E-state index contributed by atoms with van der Waals surface area (Å²) in [6.45, 7) is 1.88. The molecule has 1 amide bonds. The number of benzene rings is 1. The van der Waals surface area contributed by atoms with Crippen LogP contribution >= 0.6 is 23.1 Å². The second-order valence-corrected chi connectivity index (χ2v) is 6.29. The van der Waals surface area contributed by atoms with Gasteiger partial charge in [0.05, 0.1) is 18.6 Å². The van der Waals surface area contributed by atoms with E-state index in [1.807, 2.05) is 6.92 Å². The van der Waals surface area contributed by atoms with Crippen LogP contribution in [0.4, 0.5) is 11.4 Å². The van der Waals surface area contributed by atoms with Gasteiger partial charge < -0.3 is 15.8 Å². The summed E-state index contributed by atoms with van der Waals surface area (Å²) in [5, 5.41) is 11.5. The number of nitrogens with one attached hydrogen (secondary N) is 1. The molecule has 8 heteroatoms. The number of ether oxygens (including phenoxy) is 1. The van der Waals surface area contributed by atoms with E-state index in [9.17, 15) is 4.79 Å². The molecular weight excluding hydrogens is 296 g/mol. The average molecular weight is 310 g/mol. The minimum atomic E-state index is -0.133. The van der Waals surface area contributed by atoms with Gasteiger partial charge in [0.15, 0.2) is 4.34 Å². The number of hydrogen-bond acceptors (Lipinski definition) is 7. The Hall–Kier alpha value is -1.80. The van der Waals surface area contributed by atoms with Crippen LogP contribution in [0, 0.1) is 6.92 Å². The van der Waals surface area contributed by atoms with Gasteiger partial charge in [0.25, 0.3) is 0 Å². The van der Waals surface area contributed by atoms with Crippen molar-refractivity contribution in [2.24, 2.45) is 0 Å². The Morgan fingerprint density at radius 1 is 1.50 bits per heavy atom. The Kier molecular flexibility index (Phi) is 4.80. The quantitative estimate of drug-likeness (QED) is 0.650. The van der Waals surface area contributed by atoms with Gasteiger partial charge in [0.2, 0.25) is 5.91 Å². The molecule has 0 atom stereocenters. The molecule has 0 spiro atoms. The van der Waals surface area contributed by atoms with E-state index in [0.29, 0.717) is 17.1 Å². The number of nitrogen functional groups attached to an aromatic ring is 1. The highest BCUT2D eigenvalue weighted by atomic mass is 32.2. The molecule has 106 valence electrons. The summed E-state index contributed by atoms with van der Waals surface area (Å²) in [5.41, 5.74) is 6.84. The number of nitrogens with two attached hydrogens (primary N) is 1. The van der Waals surface area contributed by atoms with Crippen molar-refractivity contribution in [1.29, 1.82) is 0 Å². The summed E-state index contributed by atoms with van der Waals surface area (Å²) < 4.78 is 5.95. The number of carbonyl (C=O) groups is 1. The molecule has 20 heavy (non-hydrogen) atoms. The molecule has 0 radical (unpaired) electrons. The van der Waals surface area contributed by atoms with Gasteiger partial charge in [-0.25, -0.2) is 0 Å². The van der Waals surface area contributed by atoms with Crippen LogP contribution in [0.2, 0.25) is 0 Å². The van der Waals surface area contributed by atoms with Crippen LogP contribution in [-0.4, -0.2) is 29.0 Å². The highest BCUT2D eigenvalue weighted by Gasteiger charge is 2.10. The topological polar surface area (TPSA) is 90.1 Å². The lowest BCUT2D eigenvalue weighted by atomic mass is 10.2. The number of aromatic nitrogens is 2. The molecule has 1 heterocycles. The van der Waals surface area contributed by atoms with Crippen molar-refractivity contribution in [2.75, 3.05) is 23.9 Å². The number of amides is 1. The van der Waals surface area contributed by atoms with Gasteiger partial charge in [-0.05, 0) is 19.1 Å².